The second kappa shape index (κ2) is 10.6. The monoisotopic (exact) mass is 438 g/mol. The van der Waals surface area contributed by atoms with Crippen LogP contribution in [0.15, 0.2) is 42.5 Å². The normalized spacial score (nSPS) is 12.0. The summed E-state index contributed by atoms with van der Waals surface area (Å²) in [4.78, 5) is 27.3. The molecule has 0 aromatic heterocycles. The number of nitrogens with one attached hydrogen (secondary N) is 1. The van der Waals surface area contributed by atoms with Gasteiger partial charge in [0, 0.05) is 12.6 Å². The third-order valence-corrected chi connectivity index (χ3v) is 5.19. The summed E-state index contributed by atoms with van der Waals surface area (Å²) in [6.07, 6.45) is 0.280. The molecule has 0 aliphatic heterocycles. The molecule has 0 bridgehead atoms. The Labute approximate surface area is 181 Å². The summed E-state index contributed by atoms with van der Waals surface area (Å²) >= 11 is 12.1. The first-order valence-corrected chi connectivity index (χ1v) is 10.3. The number of benzene rings is 2. The summed E-state index contributed by atoms with van der Waals surface area (Å²) in [5.74, 6) is -1.04. The average Bonchev–Trinajstić information content (AvgIpc) is 2.65. The Balaban J connectivity index is 2.34. The van der Waals surface area contributed by atoms with E-state index >= 15 is 0 Å². The van der Waals surface area contributed by atoms with E-state index in [4.69, 9.17) is 23.2 Å². The molecule has 0 spiro atoms. The Morgan fingerprint density at radius 2 is 1.79 bits per heavy atom. The van der Waals surface area contributed by atoms with Crippen molar-refractivity contribution in [2.24, 2.45) is 0 Å². The zero-order valence-corrected chi connectivity index (χ0v) is 18.2. The summed E-state index contributed by atoms with van der Waals surface area (Å²) in [5.41, 5.74) is 1.02. The zero-order valence-electron chi connectivity index (χ0n) is 16.7. The molecular formula is C22H25Cl2FN2O2. The third kappa shape index (κ3) is 6.44. The van der Waals surface area contributed by atoms with Gasteiger partial charge in [0.2, 0.25) is 11.8 Å². The smallest absolute Gasteiger partial charge is 0.243 e. The van der Waals surface area contributed by atoms with Crippen molar-refractivity contribution in [3.63, 3.8) is 0 Å². The van der Waals surface area contributed by atoms with Gasteiger partial charge in [0.15, 0.2) is 0 Å². The molecule has 1 N–H and O–H groups in total. The molecular weight excluding hydrogens is 414 g/mol. The predicted octanol–water partition coefficient (Wildman–Crippen LogP) is 5.01. The van der Waals surface area contributed by atoms with Gasteiger partial charge < -0.3 is 10.2 Å². The molecule has 2 aromatic rings. The predicted molar refractivity (Wildman–Crippen MR) is 114 cm³/mol. The summed E-state index contributed by atoms with van der Waals surface area (Å²) in [7, 11) is 0. The zero-order chi connectivity index (χ0) is 21.6. The van der Waals surface area contributed by atoms with Crippen LogP contribution in [0.2, 0.25) is 10.0 Å². The van der Waals surface area contributed by atoms with E-state index in [0.29, 0.717) is 16.5 Å². The largest absolute Gasteiger partial charge is 0.352 e. The molecule has 7 heteroatoms. The van der Waals surface area contributed by atoms with Crippen molar-refractivity contribution < 1.29 is 14.0 Å². The average molecular weight is 439 g/mol. The second-order valence-corrected chi connectivity index (χ2v) is 7.94. The first-order chi connectivity index (χ1) is 13.7. The van der Waals surface area contributed by atoms with Gasteiger partial charge in [-0.05, 0) is 49.6 Å². The molecule has 2 rings (SSSR count). The van der Waals surface area contributed by atoms with Crippen LogP contribution >= 0.6 is 23.2 Å². The quantitative estimate of drug-likeness (QED) is 0.629. The summed E-state index contributed by atoms with van der Waals surface area (Å²) < 4.78 is 14.1. The van der Waals surface area contributed by atoms with Crippen LogP contribution in [-0.4, -0.2) is 28.8 Å². The van der Waals surface area contributed by atoms with E-state index in [9.17, 15) is 14.0 Å². The highest BCUT2D eigenvalue weighted by Crippen LogP contribution is 2.24. The fourth-order valence-corrected chi connectivity index (χ4v) is 3.36. The van der Waals surface area contributed by atoms with Gasteiger partial charge in [0.05, 0.1) is 16.5 Å². The number of amides is 2. The number of carbonyl (C=O) groups is 2. The van der Waals surface area contributed by atoms with Gasteiger partial charge in [-0.1, -0.05) is 54.4 Å². The molecule has 0 fully saturated rings. The van der Waals surface area contributed by atoms with E-state index in [1.54, 1.807) is 36.4 Å². The fourth-order valence-electron chi connectivity index (χ4n) is 3.04. The van der Waals surface area contributed by atoms with E-state index in [0.717, 1.165) is 5.56 Å². The van der Waals surface area contributed by atoms with Crippen molar-refractivity contribution in [3.05, 3.63) is 69.5 Å². The number of hydrogen-bond acceptors (Lipinski definition) is 2. The summed E-state index contributed by atoms with van der Waals surface area (Å²) in [5, 5.41) is 3.63. The minimum absolute atomic E-state index is 0.0648. The first kappa shape index (κ1) is 23.2. The molecule has 0 aliphatic carbocycles. The molecule has 0 saturated carbocycles. The van der Waals surface area contributed by atoms with Crippen LogP contribution in [-0.2, 0) is 22.6 Å². The van der Waals surface area contributed by atoms with Gasteiger partial charge >= 0.3 is 0 Å². The van der Waals surface area contributed by atoms with Crippen LogP contribution in [0.1, 0.15) is 38.3 Å². The third-order valence-electron chi connectivity index (χ3n) is 4.45. The Hall–Kier alpha value is -2.11. The van der Waals surface area contributed by atoms with Gasteiger partial charge in [-0.15, -0.1) is 0 Å². The number of carbonyl (C=O) groups excluding carboxylic acids is 2. The molecule has 0 unspecified atom stereocenters. The van der Waals surface area contributed by atoms with E-state index in [1.807, 2.05) is 20.8 Å². The van der Waals surface area contributed by atoms with Crippen LogP contribution in [0, 0.1) is 5.82 Å². The van der Waals surface area contributed by atoms with Gasteiger partial charge in [-0.25, -0.2) is 4.39 Å². The molecule has 0 radical (unpaired) electrons. The number of nitrogens with zero attached hydrogens (tertiary/aromatic N) is 1. The SMILES string of the molecule is CC[C@@H](C(=O)NC(C)C)N(Cc1ccc(Cl)c(Cl)c1)C(=O)Cc1ccccc1F. The van der Waals surface area contributed by atoms with Gasteiger partial charge in [0.1, 0.15) is 11.9 Å². The molecule has 29 heavy (non-hydrogen) atoms. The van der Waals surface area contributed by atoms with Crippen molar-refractivity contribution in [2.45, 2.75) is 52.2 Å². The lowest BCUT2D eigenvalue weighted by molar-refractivity contribution is -0.141. The van der Waals surface area contributed by atoms with Gasteiger partial charge in [-0.3, -0.25) is 9.59 Å². The molecule has 2 aromatic carbocycles. The standard InChI is InChI=1S/C22H25Cl2FN2O2/c1-4-20(22(29)26-14(2)3)27(13-15-9-10-17(23)18(24)11-15)21(28)12-16-7-5-6-8-19(16)25/h5-11,14,20H,4,12-13H2,1-3H3,(H,26,29)/t20-/m0/s1. The maximum atomic E-state index is 14.1. The Morgan fingerprint density at radius 3 is 2.38 bits per heavy atom. The Bertz CT molecular complexity index is 874. The molecule has 0 aliphatic rings. The Morgan fingerprint density at radius 1 is 1.10 bits per heavy atom. The van der Waals surface area contributed by atoms with Crippen molar-refractivity contribution in [2.75, 3.05) is 0 Å². The maximum Gasteiger partial charge on any atom is 0.243 e. The Kier molecular flexibility index (Phi) is 8.47. The van der Waals surface area contributed by atoms with Crippen molar-refractivity contribution in [1.29, 1.82) is 0 Å². The molecule has 1 atom stereocenters. The summed E-state index contributed by atoms with van der Waals surface area (Å²) in [6, 6.07) is 10.4. The number of halogens is 3. The molecule has 2 amide bonds. The highest BCUT2D eigenvalue weighted by atomic mass is 35.5. The van der Waals surface area contributed by atoms with Crippen LogP contribution in [0.5, 0.6) is 0 Å². The van der Waals surface area contributed by atoms with Crippen LogP contribution in [0.3, 0.4) is 0 Å². The fraction of sp³-hybridized carbons (Fsp3) is 0.364. The van der Waals surface area contributed by atoms with Crippen molar-refractivity contribution in [3.8, 4) is 0 Å². The topological polar surface area (TPSA) is 49.4 Å². The maximum absolute atomic E-state index is 14.1. The van der Waals surface area contributed by atoms with Crippen LogP contribution in [0.4, 0.5) is 4.39 Å². The van der Waals surface area contributed by atoms with E-state index < -0.39 is 11.9 Å². The lowest BCUT2D eigenvalue weighted by Gasteiger charge is -2.31. The van der Waals surface area contributed by atoms with Crippen LogP contribution < -0.4 is 5.32 Å². The van der Waals surface area contributed by atoms with Gasteiger partial charge in [0.25, 0.3) is 0 Å². The highest BCUT2D eigenvalue weighted by molar-refractivity contribution is 6.42. The molecule has 4 nitrogen and oxygen atoms in total. The van der Waals surface area contributed by atoms with Crippen molar-refractivity contribution in [1.82, 2.24) is 10.2 Å². The van der Waals surface area contributed by atoms with Gasteiger partial charge in [-0.2, -0.15) is 0 Å². The minimum Gasteiger partial charge on any atom is -0.352 e. The summed E-state index contributed by atoms with van der Waals surface area (Å²) in [6.45, 7) is 5.71. The van der Waals surface area contributed by atoms with E-state index in [-0.39, 0.29) is 36.4 Å². The molecule has 0 heterocycles. The van der Waals surface area contributed by atoms with E-state index in [1.165, 1.54) is 11.0 Å². The lowest BCUT2D eigenvalue weighted by Crippen LogP contribution is -2.50. The van der Waals surface area contributed by atoms with Crippen LogP contribution in [0.25, 0.3) is 0 Å². The minimum atomic E-state index is -0.689. The highest BCUT2D eigenvalue weighted by Gasteiger charge is 2.29. The first-order valence-electron chi connectivity index (χ1n) is 9.50. The number of rotatable bonds is 8. The lowest BCUT2D eigenvalue weighted by atomic mass is 10.1. The van der Waals surface area contributed by atoms with E-state index in [2.05, 4.69) is 5.32 Å². The number of hydrogen-bond donors (Lipinski definition) is 1. The molecule has 156 valence electrons. The second-order valence-electron chi connectivity index (χ2n) is 7.13. The van der Waals surface area contributed by atoms with Crippen molar-refractivity contribution >= 4 is 35.0 Å². The molecule has 0 saturated heterocycles.